The molecule has 2 rings (SSSR count). The lowest BCUT2D eigenvalue weighted by molar-refractivity contribution is 0.782. The van der Waals surface area contributed by atoms with Crippen molar-refractivity contribution in [2.24, 2.45) is 5.73 Å². The van der Waals surface area contributed by atoms with Crippen LogP contribution in [0.25, 0.3) is 5.57 Å². The molecule has 0 aliphatic heterocycles. The van der Waals surface area contributed by atoms with Crippen molar-refractivity contribution in [3.8, 4) is 0 Å². The van der Waals surface area contributed by atoms with E-state index in [0.717, 1.165) is 19.3 Å². The molecule has 0 heterocycles. The summed E-state index contributed by atoms with van der Waals surface area (Å²) in [6, 6.07) is 9.11. The molecule has 2 N–H and O–H groups in total. The SMILES string of the molecule is CCc1ccc(C2=CC(N)CC2)cc1. The molecule has 1 aliphatic rings. The molecular formula is C13H17N. The fraction of sp³-hybridized carbons (Fsp3) is 0.385. The van der Waals surface area contributed by atoms with Crippen molar-refractivity contribution in [2.45, 2.75) is 32.2 Å². The van der Waals surface area contributed by atoms with Crippen molar-refractivity contribution < 1.29 is 0 Å². The molecule has 1 aromatic carbocycles. The van der Waals surface area contributed by atoms with Gasteiger partial charge in [-0.2, -0.15) is 0 Å². The molecule has 74 valence electrons. The van der Waals surface area contributed by atoms with Crippen LogP contribution >= 0.6 is 0 Å². The van der Waals surface area contributed by atoms with E-state index >= 15 is 0 Å². The fourth-order valence-corrected chi connectivity index (χ4v) is 1.94. The Labute approximate surface area is 85.6 Å². The zero-order valence-electron chi connectivity index (χ0n) is 8.66. The molecule has 1 nitrogen and oxygen atoms in total. The second kappa shape index (κ2) is 3.97. The Morgan fingerprint density at radius 1 is 1.29 bits per heavy atom. The summed E-state index contributed by atoms with van der Waals surface area (Å²) in [7, 11) is 0. The second-order valence-corrected chi connectivity index (χ2v) is 3.94. The molecule has 1 aliphatic carbocycles. The summed E-state index contributed by atoms with van der Waals surface area (Å²) >= 11 is 0. The molecule has 0 fully saturated rings. The van der Waals surface area contributed by atoms with E-state index in [4.69, 9.17) is 5.73 Å². The molecule has 0 bridgehead atoms. The highest BCUT2D eigenvalue weighted by molar-refractivity contribution is 5.68. The van der Waals surface area contributed by atoms with Gasteiger partial charge >= 0.3 is 0 Å². The highest BCUT2D eigenvalue weighted by atomic mass is 14.6. The summed E-state index contributed by atoms with van der Waals surface area (Å²) in [4.78, 5) is 0. The Morgan fingerprint density at radius 3 is 2.50 bits per heavy atom. The highest BCUT2D eigenvalue weighted by Crippen LogP contribution is 2.27. The van der Waals surface area contributed by atoms with E-state index < -0.39 is 0 Å². The molecule has 0 saturated heterocycles. The van der Waals surface area contributed by atoms with E-state index in [9.17, 15) is 0 Å². The minimum Gasteiger partial charge on any atom is -0.324 e. The van der Waals surface area contributed by atoms with E-state index in [1.807, 2.05) is 0 Å². The molecule has 0 aromatic heterocycles. The van der Waals surface area contributed by atoms with E-state index in [2.05, 4.69) is 37.3 Å². The monoisotopic (exact) mass is 187 g/mol. The number of hydrogen-bond acceptors (Lipinski definition) is 1. The smallest absolute Gasteiger partial charge is 0.0232 e. The number of nitrogens with two attached hydrogens (primary N) is 1. The molecular weight excluding hydrogens is 170 g/mol. The van der Waals surface area contributed by atoms with Gasteiger partial charge < -0.3 is 5.73 Å². The fourth-order valence-electron chi connectivity index (χ4n) is 1.94. The average Bonchev–Trinajstić information content (AvgIpc) is 2.65. The van der Waals surface area contributed by atoms with Crippen LogP contribution in [0.4, 0.5) is 0 Å². The molecule has 0 saturated carbocycles. The Morgan fingerprint density at radius 2 is 2.00 bits per heavy atom. The van der Waals surface area contributed by atoms with E-state index in [1.165, 1.54) is 16.7 Å². The third kappa shape index (κ3) is 1.88. The van der Waals surface area contributed by atoms with Crippen LogP contribution in [-0.4, -0.2) is 6.04 Å². The lowest BCUT2D eigenvalue weighted by Crippen LogP contribution is -2.11. The minimum absolute atomic E-state index is 0.274. The van der Waals surface area contributed by atoms with Crippen LogP contribution in [0.15, 0.2) is 30.3 Å². The summed E-state index contributed by atoms with van der Waals surface area (Å²) in [6.07, 6.45) is 5.54. The van der Waals surface area contributed by atoms with Gasteiger partial charge in [-0.25, -0.2) is 0 Å². The zero-order chi connectivity index (χ0) is 9.97. The van der Waals surface area contributed by atoms with Crippen molar-refractivity contribution >= 4 is 5.57 Å². The van der Waals surface area contributed by atoms with E-state index in [0.29, 0.717) is 0 Å². The number of aryl methyl sites for hydroxylation is 1. The van der Waals surface area contributed by atoms with Crippen molar-refractivity contribution in [1.29, 1.82) is 0 Å². The molecule has 14 heavy (non-hydrogen) atoms. The predicted molar refractivity (Wildman–Crippen MR) is 61.0 cm³/mol. The van der Waals surface area contributed by atoms with Gasteiger partial charge in [0.15, 0.2) is 0 Å². The lowest BCUT2D eigenvalue weighted by atomic mass is 10.0. The molecule has 1 heteroatoms. The molecule has 0 amide bonds. The first-order chi connectivity index (χ1) is 6.79. The van der Waals surface area contributed by atoms with Gasteiger partial charge in [-0.15, -0.1) is 0 Å². The summed E-state index contributed by atoms with van der Waals surface area (Å²) in [5, 5.41) is 0. The highest BCUT2D eigenvalue weighted by Gasteiger charge is 2.12. The predicted octanol–water partition coefficient (Wildman–Crippen LogP) is 2.75. The first kappa shape index (κ1) is 9.47. The van der Waals surface area contributed by atoms with Crippen LogP contribution in [0.3, 0.4) is 0 Å². The summed E-state index contributed by atoms with van der Waals surface area (Å²) in [5.41, 5.74) is 10.0. The standard InChI is InChI=1S/C13H17N/c1-2-10-3-5-11(6-4-10)12-7-8-13(14)9-12/h3-6,9,13H,2,7-8,14H2,1H3. The van der Waals surface area contributed by atoms with Crippen LogP contribution < -0.4 is 5.73 Å². The largest absolute Gasteiger partial charge is 0.324 e. The Hall–Kier alpha value is -1.08. The minimum atomic E-state index is 0.274. The molecule has 0 spiro atoms. The molecule has 1 atom stereocenters. The molecule has 1 aromatic rings. The molecule has 0 radical (unpaired) electrons. The zero-order valence-corrected chi connectivity index (χ0v) is 8.66. The normalized spacial score (nSPS) is 21.0. The number of allylic oxidation sites excluding steroid dienone is 1. The first-order valence-electron chi connectivity index (χ1n) is 5.35. The van der Waals surface area contributed by atoms with Gasteiger partial charge in [0, 0.05) is 6.04 Å². The maximum absolute atomic E-state index is 5.84. The molecule has 1 unspecified atom stereocenters. The topological polar surface area (TPSA) is 26.0 Å². The van der Waals surface area contributed by atoms with Crippen LogP contribution in [0.2, 0.25) is 0 Å². The van der Waals surface area contributed by atoms with E-state index in [-0.39, 0.29) is 6.04 Å². The average molecular weight is 187 g/mol. The third-order valence-corrected chi connectivity index (χ3v) is 2.90. The van der Waals surface area contributed by atoms with Gasteiger partial charge in [0.2, 0.25) is 0 Å². The van der Waals surface area contributed by atoms with Gasteiger partial charge in [0.1, 0.15) is 0 Å². The van der Waals surface area contributed by atoms with Gasteiger partial charge in [0.05, 0.1) is 0 Å². The van der Waals surface area contributed by atoms with Crippen LogP contribution in [0.5, 0.6) is 0 Å². The maximum atomic E-state index is 5.84. The van der Waals surface area contributed by atoms with Gasteiger partial charge in [-0.1, -0.05) is 37.3 Å². The Kier molecular flexibility index (Phi) is 2.69. The van der Waals surface area contributed by atoms with Gasteiger partial charge in [-0.3, -0.25) is 0 Å². The summed E-state index contributed by atoms with van der Waals surface area (Å²) in [5.74, 6) is 0. The van der Waals surface area contributed by atoms with Crippen molar-refractivity contribution in [2.75, 3.05) is 0 Å². The van der Waals surface area contributed by atoms with Gasteiger partial charge in [0.25, 0.3) is 0 Å². The van der Waals surface area contributed by atoms with Gasteiger partial charge in [-0.05, 0) is 36.0 Å². The number of rotatable bonds is 2. The lowest BCUT2D eigenvalue weighted by Gasteiger charge is -2.02. The van der Waals surface area contributed by atoms with E-state index in [1.54, 1.807) is 0 Å². The van der Waals surface area contributed by atoms with Crippen LogP contribution in [-0.2, 0) is 6.42 Å². The van der Waals surface area contributed by atoms with Crippen LogP contribution in [0.1, 0.15) is 30.9 Å². The Balaban J connectivity index is 2.21. The van der Waals surface area contributed by atoms with Crippen LogP contribution in [0, 0.1) is 0 Å². The number of hydrogen-bond donors (Lipinski definition) is 1. The quantitative estimate of drug-likeness (QED) is 0.757. The summed E-state index contributed by atoms with van der Waals surface area (Å²) in [6.45, 7) is 2.18. The maximum Gasteiger partial charge on any atom is 0.0232 e. The third-order valence-electron chi connectivity index (χ3n) is 2.90. The van der Waals surface area contributed by atoms with Crippen molar-refractivity contribution in [3.05, 3.63) is 41.5 Å². The summed E-state index contributed by atoms with van der Waals surface area (Å²) < 4.78 is 0. The number of benzene rings is 1. The van der Waals surface area contributed by atoms with Crippen molar-refractivity contribution in [3.63, 3.8) is 0 Å². The second-order valence-electron chi connectivity index (χ2n) is 3.94. The van der Waals surface area contributed by atoms with Crippen molar-refractivity contribution in [1.82, 2.24) is 0 Å². The first-order valence-corrected chi connectivity index (χ1v) is 5.35. The Bertz CT molecular complexity index is 335.